The number of Topliss-reactive ketones (excluding diaryl/α,β-unsaturated/α-hetero) is 2. The van der Waals surface area contributed by atoms with Crippen molar-refractivity contribution in [2.75, 3.05) is 0 Å². The lowest BCUT2D eigenvalue weighted by molar-refractivity contribution is -0.184. The number of aliphatic hydroxyl groups excluding tert-OH is 1. The molecule has 3 aliphatic rings. The van der Waals surface area contributed by atoms with Crippen LogP contribution in [0, 0.1) is 40.9 Å². The smallest absolute Gasteiger partial charge is 0.302 e. The Labute approximate surface area is 155 Å². The molecule has 5 heteroatoms. The Kier molecular flexibility index (Phi) is 5.06. The lowest BCUT2D eigenvalue weighted by atomic mass is 9.49. The van der Waals surface area contributed by atoms with Gasteiger partial charge in [-0.1, -0.05) is 34.1 Å². The molecule has 1 N–H and O–H groups in total. The van der Waals surface area contributed by atoms with E-state index in [1.54, 1.807) is 0 Å². The van der Waals surface area contributed by atoms with Crippen molar-refractivity contribution in [2.24, 2.45) is 40.9 Å². The van der Waals surface area contributed by atoms with Gasteiger partial charge in [-0.15, -0.1) is 0 Å². The maximum atomic E-state index is 13.3. The number of ketones is 2. The van der Waals surface area contributed by atoms with Crippen molar-refractivity contribution in [3.05, 3.63) is 0 Å². The van der Waals surface area contributed by atoms with E-state index in [1.807, 2.05) is 13.8 Å². The number of rotatable bonds is 2. The van der Waals surface area contributed by atoms with Gasteiger partial charge in [-0.25, -0.2) is 0 Å². The molecule has 0 spiro atoms. The van der Waals surface area contributed by atoms with Crippen molar-refractivity contribution in [1.82, 2.24) is 0 Å². The van der Waals surface area contributed by atoms with Gasteiger partial charge in [-0.2, -0.15) is 0 Å². The largest absolute Gasteiger partial charge is 0.462 e. The van der Waals surface area contributed by atoms with Gasteiger partial charge < -0.3 is 9.84 Å². The van der Waals surface area contributed by atoms with E-state index in [9.17, 15) is 19.5 Å². The summed E-state index contributed by atoms with van der Waals surface area (Å²) in [6.45, 7) is 9.48. The summed E-state index contributed by atoms with van der Waals surface area (Å²) in [5.41, 5.74) is 0.0372. The maximum absolute atomic E-state index is 13.3. The number of aliphatic hydroxyl groups is 1. The summed E-state index contributed by atoms with van der Waals surface area (Å²) in [6.07, 6.45) is 1.85. The van der Waals surface area contributed by atoms with Crippen molar-refractivity contribution in [2.45, 2.75) is 72.5 Å². The molecule has 146 valence electrons. The molecule has 0 aliphatic heterocycles. The second kappa shape index (κ2) is 6.74. The zero-order valence-corrected chi connectivity index (χ0v) is 16.5. The van der Waals surface area contributed by atoms with Gasteiger partial charge >= 0.3 is 5.97 Å². The fourth-order valence-electron chi connectivity index (χ4n) is 6.11. The monoisotopic (exact) mass is 364 g/mol. The van der Waals surface area contributed by atoms with Crippen molar-refractivity contribution in [3.8, 4) is 0 Å². The fourth-order valence-corrected chi connectivity index (χ4v) is 6.11. The normalized spacial score (nSPS) is 42.2. The number of fused-ring (bicyclic) bond motifs is 3. The van der Waals surface area contributed by atoms with Crippen LogP contribution < -0.4 is 0 Å². The van der Waals surface area contributed by atoms with Gasteiger partial charge in [0, 0.05) is 12.8 Å². The number of carbonyl (C=O) groups is 3. The standard InChI is InChI=1S/C21H32O5/c1-10(2)15-18(23)17-14(26-11(3)22)9-13-12(7-6-8-21(13,4)5)16(17)20(25)19(15)24/h10,12-17,19,24H,6-9H2,1-5H3/t12-,13-,14+,15-,16+,17-,19+/m1/s1. The summed E-state index contributed by atoms with van der Waals surface area (Å²) >= 11 is 0. The molecule has 3 fully saturated rings. The Balaban J connectivity index is 2.05. The third kappa shape index (κ3) is 3.02. The first-order valence-electron chi connectivity index (χ1n) is 9.99. The summed E-state index contributed by atoms with van der Waals surface area (Å²) in [5.74, 6) is -2.34. The van der Waals surface area contributed by atoms with E-state index in [0.29, 0.717) is 6.42 Å². The first kappa shape index (κ1) is 19.5. The van der Waals surface area contributed by atoms with Crippen LogP contribution in [0.4, 0.5) is 0 Å². The summed E-state index contributed by atoms with van der Waals surface area (Å²) in [4.78, 5) is 38.2. The van der Waals surface area contributed by atoms with Gasteiger partial charge in [0.05, 0.1) is 11.8 Å². The molecular weight excluding hydrogens is 332 g/mol. The number of esters is 1. The van der Waals surface area contributed by atoms with E-state index >= 15 is 0 Å². The first-order chi connectivity index (χ1) is 12.1. The minimum atomic E-state index is -1.23. The molecule has 0 aromatic carbocycles. The van der Waals surface area contributed by atoms with Gasteiger partial charge in [0.1, 0.15) is 18.0 Å². The van der Waals surface area contributed by atoms with Crippen LogP contribution in [0.25, 0.3) is 0 Å². The fraction of sp³-hybridized carbons (Fsp3) is 0.857. The van der Waals surface area contributed by atoms with Gasteiger partial charge in [0.15, 0.2) is 5.78 Å². The first-order valence-corrected chi connectivity index (χ1v) is 9.99. The molecule has 0 saturated heterocycles. The third-order valence-corrected chi connectivity index (χ3v) is 7.27. The predicted molar refractivity (Wildman–Crippen MR) is 96.1 cm³/mol. The number of hydrogen-bond acceptors (Lipinski definition) is 5. The van der Waals surface area contributed by atoms with Crippen LogP contribution in [0.5, 0.6) is 0 Å². The van der Waals surface area contributed by atoms with E-state index in [-0.39, 0.29) is 34.7 Å². The van der Waals surface area contributed by atoms with Crippen LogP contribution in [0.3, 0.4) is 0 Å². The molecule has 3 saturated carbocycles. The van der Waals surface area contributed by atoms with Crippen molar-refractivity contribution in [3.63, 3.8) is 0 Å². The Hall–Kier alpha value is -1.23. The summed E-state index contributed by atoms with van der Waals surface area (Å²) in [7, 11) is 0. The highest BCUT2D eigenvalue weighted by molar-refractivity contribution is 6.01. The molecule has 0 aromatic rings. The highest BCUT2D eigenvalue weighted by Gasteiger charge is 2.61. The molecule has 0 aromatic heterocycles. The minimum Gasteiger partial charge on any atom is -0.462 e. The van der Waals surface area contributed by atoms with Crippen molar-refractivity contribution < 1.29 is 24.2 Å². The average molecular weight is 364 g/mol. The topological polar surface area (TPSA) is 80.7 Å². The minimum absolute atomic E-state index is 0.0372. The number of carbonyl (C=O) groups excluding carboxylic acids is 3. The lowest BCUT2D eigenvalue weighted by Gasteiger charge is -2.56. The zero-order valence-electron chi connectivity index (χ0n) is 16.5. The van der Waals surface area contributed by atoms with Crippen LogP contribution in [-0.4, -0.2) is 34.9 Å². The molecular formula is C21H32O5. The van der Waals surface area contributed by atoms with Crippen LogP contribution in [0.2, 0.25) is 0 Å². The van der Waals surface area contributed by atoms with E-state index in [1.165, 1.54) is 6.92 Å². The quantitative estimate of drug-likeness (QED) is 0.762. The van der Waals surface area contributed by atoms with Crippen molar-refractivity contribution >= 4 is 17.5 Å². The Morgan fingerprint density at radius 2 is 1.85 bits per heavy atom. The molecule has 5 nitrogen and oxygen atoms in total. The maximum Gasteiger partial charge on any atom is 0.302 e. The molecule has 0 heterocycles. The van der Waals surface area contributed by atoms with E-state index in [4.69, 9.17) is 4.74 Å². The Morgan fingerprint density at radius 3 is 2.42 bits per heavy atom. The molecule has 0 unspecified atom stereocenters. The van der Waals surface area contributed by atoms with Crippen molar-refractivity contribution in [1.29, 1.82) is 0 Å². The highest BCUT2D eigenvalue weighted by atomic mass is 16.5. The Bertz CT molecular complexity index is 608. The second-order valence-electron chi connectivity index (χ2n) is 9.61. The van der Waals surface area contributed by atoms with Crippen LogP contribution in [0.1, 0.15) is 60.3 Å². The average Bonchev–Trinajstić information content (AvgIpc) is 2.51. The van der Waals surface area contributed by atoms with Gasteiger partial charge in [0.2, 0.25) is 0 Å². The van der Waals surface area contributed by atoms with Crippen LogP contribution >= 0.6 is 0 Å². The molecule has 0 bridgehead atoms. The second-order valence-corrected chi connectivity index (χ2v) is 9.61. The number of ether oxygens (including phenoxy) is 1. The Morgan fingerprint density at radius 1 is 1.19 bits per heavy atom. The van der Waals surface area contributed by atoms with Crippen LogP contribution in [-0.2, 0) is 19.1 Å². The SMILES string of the molecule is CC(=O)O[C@H]1C[C@@H]2[C@@H](CCCC2(C)C)[C@@H]2C(=O)[C@@H](O)[C@H](C(C)C)C(=O)[C@@H]21. The van der Waals surface area contributed by atoms with Gasteiger partial charge in [0.25, 0.3) is 0 Å². The highest BCUT2D eigenvalue weighted by Crippen LogP contribution is 2.57. The van der Waals surface area contributed by atoms with Gasteiger partial charge in [-0.3, -0.25) is 14.4 Å². The number of hydrogen-bond donors (Lipinski definition) is 1. The third-order valence-electron chi connectivity index (χ3n) is 7.27. The van der Waals surface area contributed by atoms with E-state index < -0.39 is 35.9 Å². The summed E-state index contributed by atoms with van der Waals surface area (Å²) in [6, 6.07) is 0. The molecule has 3 aliphatic carbocycles. The van der Waals surface area contributed by atoms with E-state index in [2.05, 4.69) is 13.8 Å². The summed E-state index contributed by atoms with van der Waals surface area (Å²) in [5, 5.41) is 10.6. The molecule has 0 amide bonds. The lowest BCUT2D eigenvalue weighted by Crippen LogP contribution is -2.63. The summed E-state index contributed by atoms with van der Waals surface area (Å²) < 4.78 is 5.59. The van der Waals surface area contributed by atoms with E-state index in [0.717, 1.165) is 19.3 Å². The van der Waals surface area contributed by atoms with Gasteiger partial charge in [-0.05, 0) is 42.4 Å². The molecule has 7 atom stereocenters. The van der Waals surface area contributed by atoms with Crippen LogP contribution in [0.15, 0.2) is 0 Å². The molecule has 26 heavy (non-hydrogen) atoms. The zero-order chi connectivity index (χ0) is 19.4. The molecule has 3 rings (SSSR count). The molecule has 0 radical (unpaired) electrons. The predicted octanol–water partition coefficient (Wildman–Crippen LogP) is 2.78.